The van der Waals surface area contributed by atoms with E-state index >= 15 is 0 Å². The number of unbranched alkanes of at least 4 members (excludes halogenated alkanes) is 1. The Kier molecular flexibility index (Phi) is 7.85. The van der Waals surface area contributed by atoms with Crippen molar-refractivity contribution in [2.75, 3.05) is 0 Å². The van der Waals surface area contributed by atoms with Crippen LogP contribution >= 0.6 is 0 Å². The SMILES string of the molecule is C=CCc1ccc(-c2ccc(-c3ccc(/C=C/CCCC(C)O)c(F)c3F)cc2)cn1. The van der Waals surface area contributed by atoms with Gasteiger partial charge in [-0.25, -0.2) is 8.78 Å². The first kappa shape index (κ1) is 22.6. The van der Waals surface area contributed by atoms with Crippen molar-refractivity contribution < 1.29 is 13.9 Å². The highest BCUT2D eigenvalue weighted by molar-refractivity contribution is 5.71. The molecular formula is C27H27F2NO. The largest absolute Gasteiger partial charge is 0.393 e. The molecule has 0 aliphatic rings. The number of pyridine rings is 1. The second-order valence-electron chi connectivity index (χ2n) is 7.62. The number of aliphatic hydroxyl groups is 1. The average Bonchev–Trinajstić information content (AvgIpc) is 2.77. The monoisotopic (exact) mass is 419 g/mol. The fraction of sp³-hybridized carbons (Fsp3) is 0.222. The van der Waals surface area contributed by atoms with E-state index in [9.17, 15) is 13.9 Å². The standard InChI is InChI=1S/C27H27F2NO/c1-3-7-24-16-14-23(18-30-24)20-10-12-21(13-11-20)25-17-15-22(26(28)27(25)29)9-6-4-5-8-19(2)31/h3,6,9-19,31H,1,4-5,7-8H2,2H3/b9-6+. The Hall–Kier alpha value is -3.11. The van der Waals surface area contributed by atoms with Crippen LogP contribution < -0.4 is 0 Å². The lowest BCUT2D eigenvalue weighted by Gasteiger charge is -2.08. The molecule has 1 heterocycles. The van der Waals surface area contributed by atoms with Crippen molar-refractivity contribution in [3.63, 3.8) is 0 Å². The van der Waals surface area contributed by atoms with Gasteiger partial charge in [0.05, 0.1) is 6.10 Å². The number of hydrogen-bond donors (Lipinski definition) is 1. The summed E-state index contributed by atoms with van der Waals surface area (Å²) in [6.45, 7) is 5.45. The third kappa shape index (κ3) is 5.96. The van der Waals surface area contributed by atoms with E-state index in [2.05, 4.69) is 11.6 Å². The quantitative estimate of drug-likeness (QED) is 0.300. The predicted octanol–water partition coefficient (Wildman–Crippen LogP) is 6.99. The third-order valence-corrected chi connectivity index (χ3v) is 5.11. The van der Waals surface area contributed by atoms with E-state index in [1.54, 1.807) is 43.5 Å². The number of hydrogen-bond acceptors (Lipinski definition) is 2. The molecule has 0 radical (unpaired) electrons. The molecule has 0 amide bonds. The van der Waals surface area contributed by atoms with Gasteiger partial charge in [0.15, 0.2) is 11.6 Å². The summed E-state index contributed by atoms with van der Waals surface area (Å²) in [5.74, 6) is -1.70. The summed E-state index contributed by atoms with van der Waals surface area (Å²) in [6.07, 6.45) is 9.58. The summed E-state index contributed by atoms with van der Waals surface area (Å²) in [5, 5.41) is 9.26. The molecule has 4 heteroatoms. The Morgan fingerprint density at radius 2 is 1.68 bits per heavy atom. The summed E-state index contributed by atoms with van der Waals surface area (Å²) in [7, 11) is 0. The van der Waals surface area contributed by atoms with Gasteiger partial charge in [0.1, 0.15) is 0 Å². The van der Waals surface area contributed by atoms with Crippen molar-refractivity contribution in [1.82, 2.24) is 4.98 Å². The smallest absolute Gasteiger partial charge is 0.167 e. The molecule has 1 unspecified atom stereocenters. The van der Waals surface area contributed by atoms with Crippen molar-refractivity contribution in [1.29, 1.82) is 0 Å². The highest BCUT2D eigenvalue weighted by Gasteiger charge is 2.13. The highest BCUT2D eigenvalue weighted by atomic mass is 19.2. The lowest BCUT2D eigenvalue weighted by Crippen LogP contribution is -1.97. The van der Waals surface area contributed by atoms with Crippen LogP contribution in [-0.4, -0.2) is 16.2 Å². The van der Waals surface area contributed by atoms with Gasteiger partial charge in [-0.3, -0.25) is 4.98 Å². The van der Waals surface area contributed by atoms with Crippen LogP contribution in [-0.2, 0) is 6.42 Å². The zero-order chi connectivity index (χ0) is 22.2. The van der Waals surface area contributed by atoms with Gasteiger partial charge in [-0.1, -0.05) is 60.7 Å². The van der Waals surface area contributed by atoms with Crippen LogP contribution in [0.25, 0.3) is 28.3 Å². The Bertz CT molecular complexity index is 1040. The van der Waals surface area contributed by atoms with Crippen molar-refractivity contribution in [2.24, 2.45) is 0 Å². The maximum absolute atomic E-state index is 14.7. The third-order valence-electron chi connectivity index (χ3n) is 5.11. The first-order valence-electron chi connectivity index (χ1n) is 10.5. The molecule has 1 aromatic heterocycles. The molecule has 2 nitrogen and oxygen atoms in total. The average molecular weight is 420 g/mol. The number of aliphatic hydroxyl groups excluding tert-OH is 1. The van der Waals surface area contributed by atoms with E-state index in [0.717, 1.165) is 29.7 Å². The highest BCUT2D eigenvalue weighted by Crippen LogP contribution is 2.29. The zero-order valence-electron chi connectivity index (χ0n) is 17.7. The Morgan fingerprint density at radius 1 is 0.968 bits per heavy atom. The fourth-order valence-corrected chi connectivity index (χ4v) is 3.36. The van der Waals surface area contributed by atoms with Gasteiger partial charge >= 0.3 is 0 Å². The van der Waals surface area contributed by atoms with E-state index in [1.807, 2.05) is 36.4 Å². The van der Waals surface area contributed by atoms with Gasteiger partial charge in [-0.15, -0.1) is 6.58 Å². The molecule has 0 saturated carbocycles. The molecule has 2 aromatic carbocycles. The number of benzene rings is 2. The van der Waals surface area contributed by atoms with Crippen LogP contribution in [0.5, 0.6) is 0 Å². The second-order valence-corrected chi connectivity index (χ2v) is 7.62. The first-order chi connectivity index (χ1) is 15.0. The number of aromatic nitrogens is 1. The summed E-state index contributed by atoms with van der Waals surface area (Å²) < 4.78 is 29.3. The van der Waals surface area contributed by atoms with Gasteiger partial charge in [0, 0.05) is 35.0 Å². The predicted molar refractivity (Wildman–Crippen MR) is 123 cm³/mol. The molecule has 160 valence electrons. The Labute approximate surface area is 182 Å². The fourth-order valence-electron chi connectivity index (χ4n) is 3.36. The van der Waals surface area contributed by atoms with Crippen LogP contribution in [0.4, 0.5) is 8.78 Å². The minimum Gasteiger partial charge on any atom is -0.393 e. The molecule has 0 fully saturated rings. The number of halogens is 2. The van der Waals surface area contributed by atoms with Gasteiger partial charge < -0.3 is 5.11 Å². The van der Waals surface area contributed by atoms with E-state index in [1.165, 1.54) is 0 Å². The topological polar surface area (TPSA) is 33.1 Å². The molecule has 0 aliphatic carbocycles. The van der Waals surface area contributed by atoms with Crippen LogP contribution in [0.15, 0.2) is 73.5 Å². The normalized spacial score (nSPS) is 12.3. The molecule has 1 atom stereocenters. The molecule has 1 N–H and O–H groups in total. The molecule has 3 aromatic rings. The number of rotatable bonds is 9. The summed E-state index contributed by atoms with van der Waals surface area (Å²) in [5.41, 5.74) is 3.94. The minimum absolute atomic E-state index is 0.223. The molecular weight excluding hydrogens is 392 g/mol. The van der Waals surface area contributed by atoms with Gasteiger partial charge in [-0.2, -0.15) is 0 Å². The van der Waals surface area contributed by atoms with E-state index in [-0.39, 0.29) is 17.2 Å². The van der Waals surface area contributed by atoms with E-state index in [0.29, 0.717) is 18.4 Å². The van der Waals surface area contributed by atoms with Gasteiger partial charge in [0.25, 0.3) is 0 Å². The van der Waals surface area contributed by atoms with Crippen molar-refractivity contribution in [3.8, 4) is 22.3 Å². The summed E-state index contributed by atoms with van der Waals surface area (Å²) in [4.78, 5) is 4.41. The summed E-state index contributed by atoms with van der Waals surface area (Å²) in [6, 6.07) is 14.5. The van der Waals surface area contributed by atoms with Gasteiger partial charge in [0.2, 0.25) is 0 Å². The molecule has 0 bridgehead atoms. The minimum atomic E-state index is -0.852. The van der Waals surface area contributed by atoms with E-state index < -0.39 is 11.6 Å². The molecule has 0 saturated heterocycles. The van der Waals surface area contributed by atoms with Crippen molar-refractivity contribution in [2.45, 2.75) is 38.7 Å². The maximum Gasteiger partial charge on any atom is 0.167 e. The Balaban J connectivity index is 1.74. The first-order valence-corrected chi connectivity index (χ1v) is 10.5. The van der Waals surface area contributed by atoms with Gasteiger partial charge in [-0.05, 0) is 43.4 Å². The van der Waals surface area contributed by atoms with Crippen LogP contribution in [0.2, 0.25) is 0 Å². The lowest BCUT2D eigenvalue weighted by atomic mass is 9.99. The number of allylic oxidation sites excluding steroid dienone is 2. The zero-order valence-corrected chi connectivity index (χ0v) is 17.7. The lowest BCUT2D eigenvalue weighted by molar-refractivity contribution is 0.182. The molecule has 0 aliphatic heterocycles. The van der Waals surface area contributed by atoms with Crippen molar-refractivity contribution >= 4 is 6.08 Å². The van der Waals surface area contributed by atoms with Crippen LogP contribution in [0, 0.1) is 11.6 Å². The maximum atomic E-state index is 14.7. The molecule has 31 heavy (non-hydrogen) atoms. The Morgan fingerprint density at radius 3 is 2.32 bits per heavy atom. The number of nitrogens with zero attached hydrogens (tertiary/aromatic N) is 1. The van der Waals surface area contributed by atoms with E-state index in [4.69, 9.17) is 0 Å². The van der Waals surface area contributed by atoms with Crippen molar-refractivity contribution in [3.05, 3.63) is 96.4 Å². The summed E-state index contributed by atoms with van der Waals surface area (Å²) >= 11 is 0. The molecule has 0 spiro atoms. The molecule has 3 rings (SSSR count). The van der Waals surface area contributed by atoms with Crippen LogP contribution in [0.3, 0.4) is 0 Å². The second kappa shape index (κ2) is 10.8. The van der Waals surface area contributed by atoms with Crippen LogP contribution in [0.1, 0.15) is 37.4 Å².